The van der Waals surface area contributed by atoms with Crippen molar-refractivity contribution in [3.8, 4) is 0 Å². The van der Waals surface area contributed by atoms with Crippen molar-refractivity contribution in [2.75, 3.05) is 316 Å². The lowest BCUT2D eigenvalue weighted by Gasteiger charge is -2.24. The van der Waals surface area contributed by atoms with Crippen LogP contribution in [0.2, 0.25) is 0 Å². The normalized spacial score (nSPS) is 12.1. The number of hydrogen-bond donors (Lipinski definition) is 3. The summed E-state index contributed by atoms with van der Waals surface area (Å²) in [6.07, 6.45) is 6.65. The molecule has 0 bridgehead atoms. The molecule has 0 aromatic heterocycles. The first-order chi connectivity index (χ1) is 53.6. The molecular weight excluding hydrogens is 1430 g/mol. The fourth-order valence-electron chi connectivity index (χ4n) is 9.34. The summed E-state index contributed by atoms with van der Waals surface area (Å²) in [6, 6.07) is 6.21. The summed E-state index contributed by atoms with van der Waals surface area (Å²) >= 11 is 0. The maximum absolute atomic E-state index is 13.6. The Morgan fingerprint density at radius 2 is 0.661 bits per heavy atom. The summed E-state index contributed by atoms with van der Waals surface area (Å²) < 4.78 is 132. The lowest BCUT2D eigenvalue weighted by Crippen LogP contribution is -2.45. The van der Waals surface area contributed by atoms with Gasteiger partial charge < -0.3 is 130 Å². The van der Waals surface area contributed by atoms with E-state index in [2.05, 4.69) is 16.0 Å². The van der Waals surface area contributed by atoms with Crippen LogP contribution in [0.4, 0.5) is 5.69 Å². The first-order valence-corrected chi connectivity index (χ1v) is 39.4. The number of unbranched alkanes of at least 4 members (excludes halogenated alkanes) is 4. The molecule has 1 rings (SSSR count). The predicted octanol–water partition coefficient (Wildman–Crippen LogP) is 5.45. The number of Topliss-reactive ketones (excluding diaryl/α,β-unsaturated/α-hetero) is 1. The summed E-state index contributed by atoms with van der Waals surface area (Å²) in [4.78, 5) is 63.4. The maximum atomic E-state index is 13.6. The lowest BCUT2D eigenvalue weighted by molar-refractivity contribution is -0.142. The van der Waals surface area contributed by atoms with Crippen LogP contribution < -0.4 is 16.0 Å². The predicted molar refractivity (Wildman–Crippen MR) is 405 cm³/mol. The minimum atomic E-state index is -0.711. The maximum Gasteiger partial charge on any atom is 0.302 e. The van der Waals surface area contributed by atoms with Crippen LogP contribution in [0.3, 0.4) is 0 Å². The molecule has 32 heteroatoms. The third kappa shape index (κ3) is 75.0. The monoisotopic (exact) mass is 1570 g/mol. The summed E-state index contributed by atoms with van der Waals surface area (Å²) in [7, 11) is 1.65. The van der Waals surface area contributed by atoms with Gasteiger partial charge in [0.1, 0.15) is 6.61 Å². The van der Waals surface area contributed by atoms with Crippen molar-refractivity contribution in [1.82, 2.24) is 10.6 Å². The summed E-state index contributed by atoms with van der Waals surface area (Å²) in [5.74, 6) is -2.07. The van der Waals surface area contributed by atoms with E-state index in [-0.39, 0.29) is 55.5 Å². The molecule has 32 nitrogen and oxygen atoms in total. The van der Waals surface area contributed by atoms with Gasteiger partial charge >= 0.3 is 5.97 Å². The van der Waals surface area contributed by atoms with Gasteiger partial charge in [-0.2, -0.15) is 0 Å². The highest BCUT2D eigenvalue weighted by Crippen LogP contribution is 2.21. The molecule has 0 saturated carbocycles. The van der Waals surface area contributed by atoms with Gasteiger partial charge in [0.25, 0.3) is 0 Å². The molecule has 0 aliphatic heterocycles. The van der Waals surface area contributed by atoms with Gasteiger partial charge in [-0.3, -0.25) is 24.0 Å². The molecule has 109 heavy (non-hydrogen) atoms. The third-order valence-electron chi connectivity index (χ3n) is 15.3. The quantitative estimate of drug-likeness (QED) is 0.0539. The van der Waals surface area contributed by atoms with Gasteiger partial charge in [0.15, 0.2) is 5.78 Å². The number of carbonyl (C=O) groups is 5. The topological polar surface area (TPSA) is 343 Å². The molecule has 0 saturated heterocycles. The zero-order valence-corrected chi connectivity index (χ0v) is 66.9. The van der Waals surface area contributed by atoms with E-state index in [0.717, 1.165) is 37.7 Å². The van der Waals surface area contributed by atoms with Gasteiger partial charge in [0.05, 0.1) is 290 Å². The highest BCUT2D eigenvalue weighted by Gasteiger charge is 2.29. The van der Waals surface area contributed by atoms with Gasteiger partial charge in [-0.05, 0) is 62.1 Å². The average Bonchev–Trinajstić information content (AvgIpc) is 0.864. The minimum Gasteiger partial charge on any atom is -0.461 e. The van der Waals surface area contributed by atoms with E-state index in [9.17, 15) is 24.0 Å². The second-order valence-corrected chi connectivity index (χ2v) is 24.8. The van der Waals surface area contributed by atoms with Crippen LogP contribution in [-0.4, -0.2) is 346 Å². The van der Waals surface area contributed by atoms with Crippen molar-refractivity contribution >= 4 is 35.2 Å². The molecule has 3 amide bonds. The molecule has 638 valence electrons. The number of carbonyl (C=O) groups excluding carboxylic acids is 5. The van der Waals surface area contributed by atoms with E-state index in [1.165, 1.54) is 6.92 Å². The Labute approximate surface area is 650 Å². The smallest absolute Gasteiger partial charge is 0.302 e. The van der Waals surface area contributed by atoms with Crippen molar-refractivity contribution in [3.63, 3.8) is 0 Å². The van der Waals surface area contributed by atoms with E-state index in [1.54, 1.807) is 31.4 Å². The molecule has 0 fully saturated rings. The van der Waals surface area contributed by atoms with Crippen molar-refractivity contribution in [2.24, 2.45) is 11.8 Å². The Kier molecular flexibility index (Phi) is 78.6. The van der Waals surface area contributed by atoms with E-state index < -0.39 is 17.9 Å². The summed E-state index contributed by atoms with van der Waals surface area (Å²) in [5.41, 5.74) is 1.30. The number of anilines is 1. The molecule has 0 aliphatic rings. The van der Waals surface area contributed by atoms with E-state index in [1.807, 2.05) is 20.8 Å². The largest absolute Gasteiger partial charge is 0.461 e. The van der Waals surface area contributed by atoms with Crippen LogP contribution >= 0.6 is 0 Å². The Balaban J connectivity index is 1.78. The first kappa shape index (κ1) is 103. The zero-order valence-electron chi connectivity index (χ0n) is 66.9. The van der Waals surface area contributed by atoms with E-state index in [4.69, 9.17) is 114 Å². The summed E-state index contributed by atoms with van der Waals surface area (Å²) in [6.45, 7) is 29.5. The van der Waals surface area contributed by atoms with E-state index in [0.29, 0.717) is 329 Å². The Bertz CT molecular complexity index is 2150. The Hall–Kier alpha value is -4.15. The molecule has 0 heterocycles. The van der Waals surface area contributed by atoms with Gasteiger partial charge in [-0.1, -0.05) is 45.7 Å². The highest BCUT2D eigenvalue weighted by atomic mass is 16.6. The molecule has 0 spiro atoms. The summed E-state index contributed by atoms with van der Waals surface area (Å²) in [5, 5.41) is 8.69. The SMILES string of the molecule is CCCCC(=O)N[C@H](C(=O)C[C@@H](CCCCNC(=O)CCOCCOCCOCCOCCOCCOCCOCCOCCOCCOCCOCCOCCOCCOCCOCCOCCOCCCCCOCCOCCOCCOCCOCCOC)C(=O)Nc1ccc(COC(C)=O)cc1)C(C)C. The molecule has 0 radical (unpaired) electrons. The van der Waals surface area contributed by atoms with Crippen LogP contribution in [-0.2, 0) is 144 Å². The molecular formula is C77H141N3O29. The molecule has 0 aliphatic carbocycles. The Morgan fingerprint density at radius 1 is 0.349 bits per heavy atom. The van der Waals surface area contributed by atoms with Crippen LogP contribution in [0.15, 0.2) is 24.3 Å². The standard InChI is InChI=1S/C77H141N3O29/c1-6-7-14-75(84)80-76(68(2)3)73(82)66-71(77(85)79-72-17-15-70(16-18-72)67-109-69(4)81)13-9-10-20-78-74(83)19-23-89-28-31-93-36-39-97-43-45-99-47-49-101-51-53-103-55-57-105-59-61-107-63-65-108-64-62-106-60-58-104-56-54-102-52-50-100-48-46-98-44-42-96-38-35-92-30-27-88-22-12-8-11-21-87-26-29-91-34-37-95-41-40-94-33-32-90-25-24-86-5/h15-18,68,71,76H,6-14,19-67H2,1-5H3,(H,78,83)(H,79,85)(H,80,84)/t71-,76+/m1/s1. The van der Waals surface area contributed by atoms with Crippen molar-refractivity contribution < 1.29 is 138 Å². The van der Waals surface area contributed by atoms with Crippen molar-refractivity contribution in [3.05, 3.63) is 29.8 Å². The molecule has 1 aromatic rings. The lowest BCUT2D eigenvalue weighted by atomic mass is 9.89. The molecule has 3 N–H and O–H groups in total. The molecule has 0 unspecified atom stereocenters. The van der Waals surface area contributed by atoms with Crippen LogP contribution in [0.1, 0.15) is 104 Å². The number of esters is 1. The van der Waals surface area contributed by atoms with Crippen LogP contribution in [0.25, 0.3) is 0 Å². The van der Waals surface area contributed by atoms with Crippen molar-refractivity contribution in [1.29, 1.82) is 0 Å². The number of methoxy groups -OCH3 is 1. The number of ether oxygens (including phenoxy) is 24. The number of benzene rings is 1. The van der Waals surface area contributed by atoms with E-state index >= 15 is 0 Å². The van der Waals surface area contributed by atoms with Gasteiger partial charge in [0, 0.05) is 64.7 Å². The molecule has 2 atom stereocenters. The average molecular weight is 1570 g/mol. The van der Waals surface area contributed by atoms with Crippen LogP contribution in [0, 0.1) is 11.8 Å². The van der Waals surface area contributed by atoms with Gasteiger partial charge in [-0.15, -0.1) is 0 Å². The second-order valence-electron chi connectivity index (χ2n) is 24.8. The van der Waals surface area contributed by atoms with Gasteiger partial charge in [-0.25, -0.2) is 0 Å². The number of hydrogen-bond acceptors (Lipinski definition) is 29. The number of ketones is 1. The fraction of sp³-hybridized carbons (Fsp3) is 0.857. The minimum absolute atomic E-state index is 0.0475. The van der Waals surface area contributed by atoms with Gasteiger partial charge in [0.2, 0.25) is 17.7 Å². The third-order valence-corrected chi connectivity index (χ3v) is 15.3. The zero-order chi connectivity index (χ0) is 78.7. The number of nitrogens with one attached hydrogen (secondary N) is 3. The van der Waals surface area contributed by atoms with Crippen LogP contribution in [0.5, 0.6) is 0 Å². The second kappa shape index (κ2) is 83.3. The molecule has 1 aromatic carbocycles. The highest BCUT2D eigenvalue weighted by molar-refractivity contribution is 5.97. The van der Waals surface area contributed by atoms with Crippen molar-refractivity contribution in [2.45, 2.75) is 111 Å². The number of rotatable bonds is 89. The fourth-order valence-corrected chi connectivity index (χ4v) is 9.34. The Morgan fingerprint density at radius 3 is 0.963 bits per heavy atom. The first-order valence-electron chi connectivity index (χ1n) is 39.4. The number of amides is 3.